The molecule has 0 aliphatic rings. The van der Waals surface area contributed by atoms with Gasteiger partial charge in [-0.2, -0.15) is 0 Å². The molecule has 0 aliphatic heterocycles. The van der Waals surface area contributed by atoms with E-state index in [1.54, 1.807) is 11.3 Å². The maximum absolute atomic E-state index is 6.05. The Hall–Kier alpha value is -0.0500. The molecule has 0 aromatic carbocycles. The molecule has 76 valence electrons. The highest BCUT2D eigenvalue weighted by Crippen LogP contribution is 2.26. The minimum absolute atomic E-state index is 0. The predicted molar refractivity (Wildman–Crippen MR) is 62.7 cm³/mol. The van der Waals surface area contributed by atoms with E-state index >= 15 is 0 Å². The number of nitrogens with two attached hydrogens (primary N) is 1. The monoisotopic (exact) mass is 219 g/mol. The molecule has 0 saturated carbocycles. The van der Waals surface area contributed by atoms with Gasteiger partial charge in [0.25, 0.3) is 0 Å². The van der Waals surface area contributed by atoms with Crippen LogP contribution < -0.4 is 5.73 Å². The summed E-state index contributed by atoms with van der Waals surface area (Å²) in [7, 11) is 0. The molecule has 0 aliphatic carbocycles. The van der Waals surface area contributed by atoms with Gasteiger partial charge in [-0.3, -0.25) is 0 Å². The maximum Gasteiger partial charge on any atom is 0.0394 e. The maximum atomic E-state index is 6.05. The molecular weight excluding hydrogens is 202 g/mol. The van der Waals surface area contributed by atoms with Gasteiger partial charge in [0.1, 0.15) is 0 Å². The number of halogens is 1. The topological polar surface area (TPSA) is 26.0 Å². The first-order valence-corrected chi connectivity index (χ1v) is 5.28. The van der Waals surface area contributed by atoms with Crippen molar-refractivity contribution in [1.29, 1.82) is 0 Å². The zero-order valence-corrected chi connectivity index (χ0v) is 10.0. The Kier molecular flexibility index (Phi) is 5.61. The third-order valence-electron chi connectivity index (χ3n) is 1.96. The molecule has 0 unspecified atom stereocenters. The zero-order chi connectivity index (χ0) is 9.14. The lowest BCUT2D eigenvalue weighted by atomic mass is 10.0. The van der Waals surface area contributed by atoms with Crippen molar-refractivity contribution in [2.75, 3.05) is 0 Å². The van der Waals surface area contributed by atoms with Crippen molar-refractivity contribution in [2.45, 2.75) is 33.2 Å². The Morgan fingerprint density at radius 3 is 2.46 bits per heavy atom. The Labute approximate surface area is 90.8 Å². The summed E-state index contributed by atoms with van der Waals surface area (Å²) in [6.07, 6.45) is 1.08. The minimum atomic E-state index is 0. The second kappa shape index (κ2) is 5.63. The van der Waals surface area contributed by atoms with Crippen LogP contribution in [0.4, 0.5) is 0 Å². The van der Waals surface area contributed by atoms with E-state index in [-0.39, 0.29) is 18.4 Å². The van der Waals surface area contributed by atoms with E-state index in [1.165, 1.54) is 10.4 Å². The molecule has 1 aromatic rings. The van der Waals surface area contributed by atoms with Gasteiger partial charge in [0.05, 0.1) is 0 Å². The van der Waals surface area contributed by atoms with E-state index < -0.39 is 0 Å². The molecule has 0 bridgehead atoms. The lowest BCUT2D eigenvalue weighted by Gasteiger charge is -2.13. The highest BCUT2D eigenvalue weighted by atomic mass is 35.5. The fraction of sp³-hybridized carbons (Fsp3) is 0.600. The molecule has 1 nitrogen and oxygen atoms in total. The van der Waals surface area contributed by atoms with E-state index in [9.17, 15) is 0 Å². The van der Waals surface area contributed by atoms with Crippen molar-refractivity contribution >= 4 is 23.7 Å². The number of rotatable bonds is 3. The first-order chi connectivity index (χ1) is 5.61. The molecule has 0 radical (unpaired) electrons. The first-order valence-electron chi connectivity index (χ1n) is 4.41. The minimum Gasteiger partial charge on any atom is -0.323 e. The molecule has 1 aromatic heterocycles. The second-order valence-electron chi connectivity index (χ2n) is 3.70. The van der Waals surface area contributed by atoms with E-state index in [0.717, 1.165) is 6.42 Å². The number of hydrogen-bond donors (Lipinski definition) is 1. The SMILES string of the molecule is Cc1ccsc1[C@@H](N)CC(C)C.Cl. The number of thiophene rings is 1. The van der Waals surface area contributed by atoms with Crippen molar-refractivity contribution in [2.24, 2.45) is 11.7 Å². The summed E-state index contributed by atoms with van der Waals surface area (Å²) < 4.78 is 0. The predicted octanol–water partition coefficient (Wildman–Crippen LogP) is 3.52. The molecular formula is C10H18ClNS. The number of hydrogen-bond acceptors (Lipinski definition) is 2. The summed E-state index contributed by atoms with van der Waals surface area (Å²) in [6.45, 7) is 6.55. The van der Waals surface area contributed by atoms with Gasteiger partial charge in [-0.25, -0.2) is 0 Å². The van der Waals surface area contributed by atoms with Crippen molar-refractivity contribution in [3.8, 4) is 0 Å². The standard InChI is InChI=1S/C10H17NS.ClH/c1-7(2)6-9(11)10-8(3)4-5-12-10;/h4-5,7,9H,6,11H2,1-3H3;1H/t9-;/m0./s1. The average Bonchev–Trinajstić information content (AvgIpc) is 2.33. The van der Waals surface area contributed by atoms with Crippen molar-refractivity contribution in [3.05, 3.63) is 21.9 Å². The third-order valence-corrected chi connectivity index (χ3v) is 3.11. The van der Waals surface area contributed by atoms with Gasteiger partial charge in [-0.1, -0.05) is 13.8 Å². The first kappa shape index (κ1) is 12.9. The van der Waals surface area contributed by atoms with Crippen LogP contribution in [0, 0.1) is 12.8 Å². The summed E-state index contributed by atoms with van der Waals surface area (Å²) >= 11 is 1.77. The van der Waals surface area contributed by atoms with Crippen LogP contribution in [0.15, 0.2) is 11.4 Å². The molecule has 1 heterocycles. The number of aryl methyl sites for hydroxylation is 1. The van der Waals surface area contributed by atoms with Gasteiger partial charge in [0, 0.05) is 10.9 Å². The molecule has 2 N–H and O–H groups in total. The molecule has 1 atom stereocenters. The molecule has 1 rings (SSSR count). The van der Waals surface area contributed by atoms with Crippen molar-refractivity contribution in [1.82, 2.24) is 0 Å². The van der Waals surface area contributed by atoms with Crippen LogP contribution >= 0.6 is 23.7 Å². The summed E-state index contributed by atoms with van der Waals surface area (Å²) in [5.74, 6) is 0.682. The quantitative estimate of drug-likeness (QED) is 0.827. The van der Waals surface area contributed by atoms with Crippen LogP contribution in [0.25, 0.3) is 0 Å². The van der Waals surface area contributed by atoms with Crippen LogP contribution in [-0.2, 0) is 0 Å². The average molecular weight is 220 g/mol. The second-order valence-corrected chi connectivity index (χ2v) is 4.65. The lowest BCUT2D eigenvalue weighted by Crippen LogP contribution is -2.12. The van der Waals surface area contributed by atoms with Crippen LogP contribution in [0.3, 0.4) is 0 Å². The summed E-state index contributed by atoms with van der Waals surface area (Å²) in [4.78, 5) is 1.35. The smallest absolute Gasteiger partial charge is 0.0394 e. The van der Waals surface area contributed by atoms with Crippen LogP contribution in [-0.4, -0.2) is 0 Å². The van der Waals surface area contributed by atoms with E-state index in [0.29, 0.717) is 5.92 Å². The fourth-order valence-electron chi connectivity index (χ4n) is 1.38. The fourth-order valence-corrected chi connectivity index (χ4v) is 2.32. The molecule has 3 heteroatoms. The van der Waals surface area contributed by atoms with Gasteiger partial charge in [-0.05, 0) is 36.3 Å². The van der Waals surface area contributed by atoms with Crippen LogP contribution in [0.1, 0.15) is 36.8 Å². The Balaban J connectivity index is 0.00000144. The Morgan fingerprint density at radius 1 is 1.46 bits per heavy atom. The Bertz CT molecular complexity index is 245. The van der Waals surface area contributed by atoms with E-state index in [4.69, 9.17) is 5.73 Å². The van der Waals surface area contributed by atoms with Crippen LogP contribution in [0.5, 0.6) is 0 Å². The largest absolute Gasteiger partial charge is 0.323 e. The molecule has 0 saturated heterocycles. The van der Waals surface area contributed by atoms with E-state index in [2.05, 4.69) is 32.2 Å². The highest BCUT2D eigenvalue weighted by Gasteiger charge is 2.11. The summed E-state index contributed by atoms with van der Waals surface area (Å²) in [5, 5.41) is 2.12. The molecule has 0 spiro atoms. The zero-order valence-electron chi connectivity index (χ0n) is 8.41. The van der Waals surface area contributed by atoms with Crippen molar-refractivity contribution < 1.29 is 0 Å². The molecule has 13 heavy (non-hydrogen) atoms. The third kappa shape index (κ3) is 3.67. The Morgan fingerprint density at radius 2 is 2.08 bits per heavy atom. The molecule has 0 fully saturated rings. The summed E-state index contributed by atoms with van der Waals surface area (Å²) in [6, 6.07) is 2.38. The van der Waals surface area contributed by atoms with Crippen LogP contribution in [0.2, 0.25) is 0 Å². The van der Waals surface area contributed by atoms with Gasteiger partial charge >= 0.3 is 0 Å². The van der Waals surface area contributed by atoms with Gasteiger partial charge in [0.2, 0.25) is 0 Å². The molecule has 0 amide bonds. The van der Waals surface area contributed by atoms with Gasteiger partial charge in [0.15, 0.2) is 0 Å². The normalized spacial score (nSPS) is 12.7. The van der Waals surface area contributed by atoms with Gasteiger partial charge in [-0.15, -0.1) is 23.7 Å². The lowest BCUT2D eigenvalue weighted by molar-refractivity contribution is 0.514. The van der Waals surface area contributed by atoms with E-state index in [1.807, 2.05) is 0 Å². The summed E-state index contributed by atoms with van der Waals surface area (Å²) in [5.41, 5.74) is 7.39. The van der Waals surface area contributed by atoms with Crippen molar-refractivity contribution in [3.63, 3.8) is 0 Å². The highest BCUT2D eigenvalue weighted by molar-refractivity contribution is 7.10. The van der Waals surface area contributed by atoms with Gasteiger partial charge < -0.3 is 5.73 Å².